The van der Waals surface area contributed by atoms with Crippen molar-refractivity contribution in [3.05, 3.63) is 23.8 Å². The zero-order valence-corrected chi connectivity index (χ0v) is 12.1. The van der Waals surface area contributed by atoms with E-state index in [2.05, 4.69) is 19.2 Å². The molecule has 1 N–H and O–H groups in total. The summed E-state index contributed by atoms with van der Waals surface area (Å²) in [6.07, 6.45) is 4.02. The smallest absolute Gasteiger partial charge is 0.314 e. The molecule has 4 nitrogen and oxygen atoms in total. The van der Waals surface area contributed by atoms with E-state index in [-0.39, 0.29) is 17.8 Å². The summed E-state index contributed by atoms with van der Waals surface area (Å²) in [5, 5.41) is 2.76. The van der Waals surface area contributed by atoms with Crippen LogP contribution in [0.25, 0.3) is 0 Å². The number of carbonyl (C=O) groups excluding carboxylic acids is 2. The Kier molecular flexibility index (Phi) is 4.77. The molecule has 1 aliphatic heterocycles. The molecular weight excluding hydrogens is 254 g/mol. The van der Waals surface area contributed by atoms with Crippen molar-refractivity contribution in [1.29, 1.82) is 0 Å². The number of carbonyl (C=O) groups is 2. The van der Waals surface area contributed by atoms with Gasteiger partial charge in [0.05, 0.1) is 12.3 Å². The zero-order valence-electron chi connectivity index (χ0n) is 12.1. The van der Waals surface area contributed by atoms with Crippen LogP contribution in [0.2, 0.25) is 0 Å². The first-order chi connectivity index (χ1) is 9.63. The van der Waals surface area contributed by atoms with Crippen LogP contribution in [0.3, 0.4) is 0 Å². The number of ether oxygens (including phenoxy) is 1. The van der Waals surface area contributed by atoms with Gasteiger partial charge >= 0.3 is 5.97 Å². The SMILES string of the molecule is CCCC(CCC)C(=O)Oc1ccc2c(c1)CC(=O)N2. The number of anilines is 1. The predicted molar refractivity (Wildman–Crippen MR) is 77.7 cm³/mol. The lowest BCUT2D eigenvalue weighted by molar-refractivity contribution is -0.139. The summed E-state index contributed by atoms with van der Waals surface area (Å²) in [4.78, 5) is 23.4. The van der Waals surface area contributed by atoms with E-state index in [1.165, 1.54) is 0 Å². The third-order valence-corrected chi connectivity index (χ3v) is 3.53. The van der Waals surface area contributed by atoms with Crippen LogP contribution in [0.1, 0.15) is 45.1 Å². The van der Waals surface area contributed by atoms with Gasteiger partial charge in [-0.25, -0.2) is 0 Å². The lowest BCUT2D eigenvalue weighted by atomic mass is 9.98. The number of benzene rings is 1. The highest BCUT2D eigenvalue weighted by atomic mass is 16.5. The number of rotatable bonds is 6. The van der Waals surface area contributed by atoms with Gasteiger partial charge in [-0.2, -0.15) is 0 Å². The van der Waals surface area contributed by atoms with E-state index in [4.69, 9.17) is 4.74 Å². The van der Waals surface area contributed by atoms with Crippen molar-refractivity contribution in [2.75, 3.05) is 5.32 Å². The number of fused-ring (bicyclic) bond motifs is 1. The summed E-state index contributed by atoms with van der Waals surface area (Å²) < 4.78 is 5.46. The summed E-state index contributed by atoms with van der Waals surface area (Å²) in [7, 11) is 0. The number of nitrogens with one attached hydrogen (secondary N) is 1. The van der Waals surface area contributed by atoms with Gasteiger partial charge < -0.3 is 10.1 Å². The topological polar surface area (TPSA) is 55.4 Å². The average Bonchev–Trinajstić information content (AvgIpc) is 2.77. The van der Waals surface area contributed by atoms with Gasteiger partial charge in [0.2, 0.25) is 5.91 Å². The normalized spacial score (nSPS) is 13.2. The highest BCUT2D eigenvalue weighted by Crippen LogP contribution is 2.28. The van der Waals surface area contributed by atoms with Gasteiger partial charge in [-0.3, -0.25) is 9.59 Å². The first-order valence-corrected chi connectivity index (χ1v) is 7.28. The van der Waals surface area contributed by atoms with Gasteiger partial charge in [-0.15, -0.1) is 0 Å². The van der Waals surface area contributed by atoms with E-state index >= 15 is 0 Å². The van der Waals surface area contributed by atoms with Crippen LogP contribution in [0, 0.1) is 5.92 Å². The molecule has 0 radical (unpaired) electrons. The minimum absolute atomic E-state index is 0.0154. The molecule has 4 heteroatoms. The summed E-state index contributed by atoms with van der Waals surface area (Å²) in [6.45, 7) is 4.14. The van der Waals surface area contributed by atoms with Crippen molar-refractivity contribution in [3.63, 3.8) is 0 Å². The van der Waals surface area contributed by atoms with Crippen LogP contribution in [0.4, 0.5) is 5.69 Å². The summed E-state index contributed by atoms with van der Waals surface area (Å²) in [5.41, 5.74) is 1.70. The fourth-order valence-electron chi connectivity index (χ4n) is 2.55. The molecule has 0 saturated carbocycles. The van der Waals surface area contributed by atoms with Crippen molar-refractivity contribution >= 4 is 17.6 Å². The Hall–Kier alpha value is -1.84. The monoisotopic (exact) mass is 275 g/mol. The first-order valence-electron chi connectivity index (χ1n) is 7.28. The summed E-state index contributed by atoms with van der Waals surface area (Å²) >= 11 is 0. The number of esters is 1. The van der Waals surface area contributed by atoms with E-state index in [1.807, 2.05) is 0 Å². The fourth-order valence-corrected chi connectivity index (χ4v) is 2.55. The minimum Gasteiger partial charge on any atom is -0.426 e. The Morgan fingerprint density at radius 1 is 1.30 bits per heavy atom. The highest BCUT2D eigenvalue weighted by molar-refractivity contribution is 5.99. The van der Waals surface area contributed by atoms with Crippen LogP contribution in [-0.2, 0) is 16.0 Å². The second-order valence-corrected chi connectivity index (χ2v) is 5.24. The molecule has 0 spiro atoms. The van der Waals surface area contributed by atoms with Gasteiger partial charge in [-0.1, -0.05) is 26.7 Å². The Balaban J connectivity index is 2.04. The second kappa shape index (κ2) is 6.55. The van der Waals surface area contributed by atoms with Gasteiger partial charge in [0, 0.05) is 5.69 Å². The quantitative estimate of drug-likeness (QED) is 0.640. The maximum Gasteiger partial charge on any atom is 0.314 e. The minimum atomic E-state index is -0.161. The molecule has 1 aromatic rings. The molecule has 2 rings (SSSR count). The van der Waals surface area contributed by atoms with E-state index in [0.29, 0.717) is 12.2 Å². The molecule has 1 amide bonds. The van der Waals surface area contributed by atoms with E-state index in [1.54, 1.807) is 18.2 Å². The molecule has 1 heterocycles. The van der Waals surface area contributed by atoms with Gasteiger partial charge in [0.25, 0.3) is 0 Å². The second-order valence-electron chi connectivity index (χ2n) is 5.24. The molecule has 0 bridgehead atoms. The summed E-state index contributed by atoms with van der Waals surface area (Å²) in [5.74, 6) is 0.324. The van der Waals surface area contributed by atoms with E-state index < -0.39 is 0 Å². The van der Waals surface area contributed by atoms with Gasteiger partial charge in [-0.05, 0) is 36.6 Å². The highest BCUT2D eigenvalue weighted by Gasteiger charge is 2.21. The van der Waals surface area contributed by atoms with Gasteiger partial charge in [0.15, 0.2) is 0 Å². The molecule has 0 aromatic heterocycles. The molecule has 0 atom stereocenters. The summed E-state index contributed by atoms with van der Waals surface area (Å²) in [6, 6.07) is 5.30. The number of hydrogen-bond donors (Lipinski definition) is 1. The Bertz CT molecular complexity index is 504. The van der Waals surface area contributed by atoms with Crippen molar-refractivity contribution in [2.24, 2.45) is 5.92 Å². The van der Waals surface area contributed by atoms with Crippen LogP contribution in [0.15, 0.2) is 18.2 Å². The molecule has 108 valence electrons. The van der Waals surface area contributed by atoms with E-state index in [0.717, 1.165) is 36.9 Å². The largest absolute Gasteiger partial charge is 0.426 e. The predicted octanol–water partition coefficient (Wildman–Crippen LogP) is 3.30. The molecule has 0 saturated heterocycles. The molecular formula is C16H21NO3. The van der Waals surface area contributed by atoms with Crippen LogP contribution in [0.5, 0.6) is 5.75 Å². The lowest BCUT2D eigenvalue weighted by Gasteiger charge is -2.14. The van der Waals surface area contributed by atoms with Crippen LogP contribution < -0.4 is 10.1 Å². The molecule has 1 aromatic carbocycles. The standard InChI is InChI=1S/C16H21NO3/c1-3-5-11(6-4-2)16(19)20-13-7-8-14-12(9-13)10-15(18)17-14/h7-9,11H,3-6,10H2,1-2H3,(H,17,18). The Labute approximate surface area is 119 Å². The molecule has 0 fully saturated rings. The third kappa shape index (κ3) is 3.38. The third-order valence-electron chi connectivity index (χ3n) is 3.53. The van der Waals surface area contributed by atoms with Crippen molar-refractivity contribution in [1.82, 2.24) is 0 Å². The number of amides is 1. The maximum absolute atomic E-state index is 12.2. The Morgan fingerprint density at radius 2 is 2.00 bits per heavy atom. The molecule has 0 aliphatic carbocycles. The average molecular weight is 275 g/mol. The zero-order chi connectivity index (χ0) is 14.5. The first kappa shape index (κ1) is 14.6. The van der Waals surface area contributed by atoms with Crippen molar-refractivity contribution in [3.8, 4) is 5.75 Å². The number of hydrogen-bond acceptors (Lipinski definition) is 3. The maximum atomic E-state index is 12.2. The van der Waals surface area contributed by atoms with Crippen molar-refractivity contribution < 1.29 is 14.3 Å². The lowest BCUT2D eigenvalue weighted by Crippen LogP contribution is -2.20. The van der Waals surface area contributed by atoms with Crippen molar-refractivity contribution in [2.45, 2.75) is 46.0 Å². The van der Waals surface area contributed by atoms with Crippen LogP contribution >= 0.6 is 0 Å². The molecule has 1 aliphatic rings. The van der Waals surface area contributed by atoms with E-state index in [9.17, 15) is 9.59 Å². The molecule has 20 heavy (non-hydrogen) atoms. The fraction of sp³-hybridized carbons (Fsp3) is 0.500. The van der Waals surface area contributed by atoms with Gasteiger partial charge in [0.1, 0.15) is 5.75 Å². The molecule has 0 unspecified atom stereocenters. The van der Waals surface area contributed by atoms with Crippen LogP contribution in [-0.4, -0.2) is 11.9 Å². The Morgan fingerprint density at radius 3 is 2.65 bits per heavy atom.